The van der Waals surface area contributed by atoms with Crippen LogP contribution in [-0.4, -0.2) is 48.9 Å². The first-order valence-corrected chi connectivity index (χ1v) is 8.54. The first kappa shape index (κ1) is 18.9. The van der Waals surface area contributed by atoms with Crippen molar-refractivity contribution in [2.45, 2.75) is 26.7 Å². The average molecular weight is 347 g/mol. The number of benzene rings is 1. The summed E-state index contributed by atoms with van der Waals surface area (Å²) < 4.78 is 5.03. The van der Waals surface area contributed by atoms with Gasteiger partial charge in [-0.15, -0.1) is 0 Å². The third-order valence-corrected chi connectivity index (χ3v) is 4.20. The van der Waals surface area contributed by atoms with Gasteiger partial charge in [0, 0.05) is 5.56 Å². The van der Waals surface area contributed by atoms with Crippen LogP contribution in [0, 0.1) is 12.8 Å². The predicted octanol–water partition coefficient (Wildman–Crippen LogP) is 1.03. The summed E-state index contributed by atoms with van der Waals surface area (Å²) in [5.74, 6) is -0.873. The number of carbonyl (C=O) groups is 3. The van der Waals surface area contributed by atoms with Crippen LogP contribution in [-0.2, 0) is 14.3 Å². The Morgan fingerprint density at radius 1 is 1.12 bits per heavy atom. The lowest BCUT2D eigenvalue weighted by molar-refractivity contribution is -0.149. The maximum Gasteiger partial charge on any atom is 0.309 e. The number of hydrazine groups is 1. The Hall–Kier alpha value is -2.41. The SMILES string of the molecule is CCOC(=O)C1CCN(CC(=O)NNC(=O)c2ccc(C)cc2)CC1. The van der Waals surface area contributed by atoms with Gasteiger partial charge in [-0.1, -0.05) is 17.7 Å². The van der Waals surface area contributed by atoms with Crippen LogP contribution in [0.15, 0.2) is 24.3 Å². The molecule has 1 aliphatic heterocycles. The highest BCUT2D eigenvalue weighted by Crippen LogP contribution is 2.18. The maximum atomic E-state index is 12.0. The molecule has 1 fully saturated rings. The van der Waals surface area contributed by atoms with Crippen LogP contribution >= 0.6 is 0 Å². The van der Waals surface area contributed by atoms with Crippen LogP contribution < -0.4 is 10.9 Å². The van der Waals surface area contributed by atoms with Gasteiger partial charge in [-0.25, -0.2) is 0 Å². The van der Waals surface area contributed by atoms with Crippen molar-refractivity contribution < 1.29 is 19.1 Å². The van der Waals surface area contributed by atoms with Crippen LogP contribution in [0.2, 0.25) is 0 Å². The van der Waals surface area contributed by atoms with Crippen molar-refractivity contribution in [1.29, 1.82) is 0 Å². The molecule has 7 heteroatoms. The van der Waals surface area contributed by atoms with E-state index in [0.717, 1.165) is 5.56 Å². The molecule has 0 bridgehead atoms. The summed E-state index contributed by atoms with van der Waals surface area (Å²) in [7, 11) is 0. The number of nitrogens with zero attached hydrogens (tertiary/aromatic N) is 1. The van der Waals surface area contributed by atoms with E-state index in [1.54, 1.807) is 19.1 Å². The van der Waals surface area contributed by atoms with Crippen molar-refractivity contribution in [3.05, 3.63) is 35.4 Å². The van der Waals surface area contributed by atoms with E-state index in [4.69, 9.17) is 4.74 Å². The minimum atomic E-state index is -0.352. The second-order valence-corrected chi connectivity index (χ2v) is 6.17. The molecule has 1 aromatic carbocycles. The Labute approximate surface area is 147 Å². The monoisotopic (exact) mass is 347 g/mol. The minimum absolute atomic E-state index is 0.0829. The Bertz CT molecular complexity index is 607. The molecule has 0 saturated carbocycles. The van der Waals surface area contributed by atoms with Gasteiger partial charge < -0.3 is 4.74 Å². The first-order chi connectivity index (χ1) is 12.0. The summed E-state index contributed by atoms with van der Waals surface area (Å²) in [6, 6.07) is 7.09. The van der Waals surface area contributed by atoms with Crippen LogP contribution in [0.3, 0.4) is 0 Å². The first-order valence-electron chi connectivity index (χ1n) is 8.54. The molecule has 7 nitrogen and oxygen atoms in total. The van der Waals surface area contributed by atoms with E-state index in [1.165, 1.54) is 0 Å². The van der Waals surface area contributed by atoms with E-state index in [2.05, 4.69) is 10.9 Å². The Morgan fingerprint density at radius 3 is 2.36 bits per heavy atom. The van der Waals surface area contributed by atoms with E-state index in [1.807, 2.05) is 24.0 Å². The lowest BCUT2D eigenvalue weighted by Gasteiger charge is -2.30. The van der Waals surface area contributed by atoms with Crippen LogP contribution in [0.25, 0.3) is 0 Å². The Kier molecular flexibility index (Phi) is 6.94. The number of hydrogen-bond donors (Lipinski definition) is 2. The molecule has 0 unspecified atom stereocenters. The number of ether oxygens (including phenoxy) is 1. The zero-order chi connectivity index (χ0) is 18.2. The van der Waals surface area contributed by atoms with Crippen molar-refractivity contribution in [2.24, 2.45) is 5.92 Å². The van der Waals surface area contributed by atoms with Crippen LogP contribution in [0.4, 0.5) is 0 Å². The van der Waals surface area contributed by atoms with Crippen molar-refractivity contribution in [2.75, 3.05) is 26.2 Å². The number of hydrogen-bond acceptors (Lipinski definition) is 5. The van der Waals surface area contributed by atoms with Gasteiger partial charge in [0.05, 0.1) is 19.1 Å². The Balaban J connectivity index is 1.70. The van der Waals surface area contributed by atoms with E-state index in [0.29, 0.717) is 38.1 Å². The van der Waals surface area contributed by atoms with Crippen molar-refractivity contribution >= 4 is 17.8 Å². The highest BCUT2D eigenvalue weighted by atomic mass is 16.5. The second kappa shape index (κ2) is 9.17. The fourth-order valence-electron chi connectivity index (χ4n) is 2.73. The molecule has 25 heavy (non-hydrogen) atoms. The molecule has 2 rings (SSSR count). The third kappa shape index (κ3) is 5.86. The standard InChI is InChI=1S/C18H25N3O4/c1-3-25-18(24)15-8-10-21(11-9-15)12-16(22)19-20-17(23)14-6-4-13(2)5-7-14/h4-7,15H,3,8-12H2,1-2H3,(H,19,22)(H,20,23). The molecule has 0 aliphatic carbocycles. The largest absolute Gasteiger partial charge is 0.466 e. The molecule has 0 radical (unpaired) electrons. The number of amides is 2. The summed E-state index contributed by atoms with van der Waals surface area (Å²) in [4.78, 5) is 37.6. The third-order valence-electron chi connectivity index (χ3n) is 4.20. The predicted molar refractivity (Wildman–Crippen MR) is 92.6 cm³/mol. The molecule has 1 aromatic rings. The smallest absolute Gasteiger partial charge is 0.309 e. The molecule has 0 aromatic heterocycles. The highest BCUT2D eigenvalue weighted by molar-refractivity contribution is 5.95. The summed E-state index contributed by atoms with van der Waals surface area (Å²) in [6.45, 7) is 5.62. The topological polar surface area (TPSA) is 87.7 Å². The quantitative estimate of drug-likeness (QED) is 0.614. The minimum Gasteiger partial charge on any atom is -0.466 e. The molecule has 136 valence electrons. The normalized spacial score (nSPS) is 15.4. The van der Waals surface area contributed by atoms with Gasteiger partial charge >= 0.3 is 5.97 Å². The molecular weight excluding hydrogens is 322 g/mol. The number of piperidine rings is 1. The molecule has 0 atom stereocenters. The lowest BCUT2D eigenvalue weighted by atomic mass is 9.97. The molecule has 0 spiro atoms. The van der Waals surface area contributed by atoms with Gasteiger partial charge in [-0.2, -0.15) is 0 Å². The number of likely N-dealkylation sites (tertiary alicyclic amines) is 1. The second-order valence-electron chi connectivity index (χ2n) is 6.17. The molecule has 1 heterocycles. The number of nitrogens with one attached hydrogen (secondary N) is 2. The maximum absolute atomic E-state index is 12.0. The number of rotatable bonds is 5. The van der Waals surface area contributed by atoms with Gasteiger partial charge in [-0.3, -0.25) is 30.1 Å². The van der Waals surface area contributed by atoms with Gasteiger partial charge in [-0.05, 0) is 51.9 Å². The molecule has 1 aliphatic rings. The van der Waals surface area contributed by atoms with Gasteiger partial charge in [0.15, 0.2) is 0 Å². The van der Waals surface area contributed by atoms with Crippen molar-refractivity contribution in [3.63, 3.8) is 0 Å². The summed E-state index contributed by atoms with van der Waals surface area (Å²) in [6.07, 6.45) is 1.36. The number of esters is 1. The van der Waals surface area contributed by atoms with Crippen molar-refractivity contribution in [3.8, 4) is 0 Å². The molecule has 2 N–H and O–H groups in total. The fourth-order valence-corrected chi connectivity index (χ4v) is 2.73. The van der Waals surface area contributed by atoms with Gasteiger partial charge in [0.25, 0.3) is 11.8 Å². The van der Waals surface area contributed by atoms with E-state index in [9.17, 15) is 14.4 Å². The van der Waals surface area contributed by atoms with E-state index >= 15 is 0 Å². The zero-order valence-electron chi connectivity index (χ0n) is 14.7. The summed E-state index contributed by atoms with van der Waals surface area (Å²) in [5.41, 5.74) is 6.39. The Morgan fingerprint density at radius 2 is 1.76 bits per heavy atom. The number of aryl methyl sites for hydroxylation is 1. The number of carbonyl (C=O) groups excluding carboxylic acids is 3. The summed E-state index contributed by atoms with van der Waals surface area (Å²) >= 11 is 0. The lowest BCUT2D eigenvalue weighted by Crippen LogP contribution is -2.48. The molecule has 2 amide bonds. The van der Waals surface area contributed by atoms with E-state index in [-0.39, 0.29) is 30.2 Å². The fraction of sp³-hybridized carbons (Fsp3) is 0.500. The highest BCUT2D eigenvalue weighted by Gasteiger charge is 2.26. The average Bonchev–Trinajstić information content (AvgIpc) is 2.61. The van der Waals surface area contributed by atoms with Crippen LogP contribution in [0.1, 0.15) is 35.7 Å². The molecule has 1 saturated heterocycles. The van der Waals surface area contributed by atoms with Gasteiger partial charge in [0.1, 0.15) is 0 Å². The summed E-state index contributed by atoms with van der Waals surface area (Å²) in [5, 5.41) is 0. The van der Waals surface area contributed by atoms with Crippen LogP contribution in [0.5, 0.6) is 0 Å². The van der Waals surface area contributed by atoms with E-state index < -0.39 is 0 Å². The van der Waals surface area contributed by atoms with Gasteiger partial charge in [0.2, 0.25) is 0 Å². The zero-order valence-corrected chi connectivity index (χ0v) is 14.7. The molecular formula is C18H25N3O4. The van der Waals surface area contributed by atoms with Crippen molar-refractivity contribution in [1.82, 2.24) is 15.8 Å².